The molecule has 3 unspecified atom stereocenters. The second-order valence-corrected chi connectivity index (χ2v) is 8.52. The lowest BCUT2D eigenvalue weighted by Crippen LogP contribution is -2.31. The highest BCUT2D eigenvalue weighted by atomic mass is 16.4. The van der Waals surface area contributed by atoms with Crippen molar-refractivity contribution >= 4 is 11.9 Å². The van der Waals surface area contributed by atoms with Crippen LogP contribution in [0, 0.1) is 0 Å². The summed E-state index contributed by atoms with van der Waals surface area (Å²) in [5.74, 6) is -2.06. The number of aromatic nitrogens is 2. The Morgan fingerprint density at radius 2 is 1.33 bits per heavy atom. The number of hydrogen-bond donors (Lipinski definition) is 3. The lowest BCUT2D eigenvalue weighted by molar-refractivity contribution is 0.0684. The quantitative estimate of drug-likeness (QED) is 0.355. The normalized spacial score (nSPS) is 19.7. The maximum Gasteiger partial charge on any atom is 0.336 e. The first-order chi connectivity index (χ1) is 17.5. The van der Waals surface area contributed by atoms with Gasteiger partial charge in [0.2, 0.25) is 0 Å². The third kappa shape index (κ3) is 4.47. The molecular weight excluding hydrogens is 456 g/mol. The molecule has 4 aromatic rings. The third-order valence-corrected chi connectivity index (χ3v) is 6.41. The topological polar surface area (TPSA) is 116 Å². The third-order valence-electron chi connectivity index (χ3n) is 6.41. The number of carboxylic acid groups (broad SMARTS) is 2. The fourth-order valence-corrected chi connectivity index (χ4v) is 4.89. The minimum Gasteiger partial charge on any atom is -0.478 e. The van der Waals surface area contributed by atoms with Gasteiger partial charge in [0, 0.05) is 18.9 Å². The molecule has 180 valence electrons. The number of nitrogens with one attached hydrogen (secondary N) is 1. The molecule has 5 rings (SSSR count). The van der Waals surface area contributed by atoms with E-state index in [4.69, 9.17) is 0 Å². The van der Waals surface area contributed by atoms with E-state index in [-0.39, 0.29) is 11.1 Å². The monoisotopic (exact) mass is 480 g/mol. The first-order valence-corrected chi connectivity index (χ1v) is 11.5. The number of pyridine rings is 2. The Balaban J connectivity index is 1.72. The first-order valence-electron chi connectivity index (χ1n) is 11.5. The Labute approximate surface area is 207 Å². The second-order valence-electron chi connectivity index (χ2n) is 8.52. The van der Waals surface area contributed by atoms with Crippen LogP contribution in [-0.2, 0) is 6.54 Å². The molecule has 2 aromatic heterocycles. The molecule has 8 nitrogen and oxygen atoms in total. The fourth-order valence-electron chi connectivity index (χ4n) is 4.89. The largest absolute Gasteiger partial charge is 0.478 e. The van der Waals surface area contributed by atoms with Gasteiger partial charge in [-0.05, 0) is 47.5 Å². The predicted molar refractivity (Wildman–Crippen MR) is 132 cm³/mol. The maximum absolute atomic E-state index is 12.2. The van der Waals surface area contributed by atoms with E-state index in [0.29, 0.717) is 17.7 Å². The van der Waals surface area contributed by atoms with Crippen molar-refractivity contribution in [2.75, 3.05) is 0 Å². The van der Waals surface area contributed by atoms with Crippen LogP contribution in [0.25, 0.3) is 0 Å². The molecule has 8 heteroatoms. The summed E-state index contributed by atoms with van der Waals surface area (Å²) in [5, 5.41) is 23.5. The highest BCUT2D eigenvalue weighted by molar-refractivity contribution is 5.90. The molecule has 0 spiro atoms. The summed E-state index contributed by atoms with van der Waals surface area (Å²) in [4.78, 5) is 35.5. The van der Waals surface area contributed by atoms with Crippen molar-refractivity contribution in [3.63, 3.8) is 0 Å². The molecule has 0 saturated carbocycles. The van der Waals surface area contributed by atoms with Gasteiger partial charge < -0.3 is 10.2 Å². The summed E-state index contributed by atoms with van der Waals surface area (Å²) in [7, 11) is 0. The summed E-state index contributed by atoms with van der Waals surface area (Å²) in [6.45, 7) is 0.356. The van der Waals surface area contributed by atoms with E-state index < -0.39 is 30.2 Å². The summed E-state index contributed by atoms with van der Waals surface area (Å²) < 4.78 is 0. The van der Waals surface area contributed by atoms with Gasteiger partial charge in [-0.15, -0.1) is 0 Å². The highest BCUT2D eigenvalue weighted by Crippen LogP contribution is 2.47. The van der Waals surface area contributed by atoms with Crippen molar-refractivity contribution in [1.82, 2.24) is 20.2 Å². The molecule has 1 saturated heterocycles. The number of benzene rings is 2. The van der Waals surface area contributed by atoms with Crippen LogP contribution in [0.1, 0.15) is 61.5 Å². The van der Waals surface area contributed by atoms with Crippen molar-refractivity contribution in [3.8, 4) is 0 Å². The molecule has 0 amide bonds. The standard InChI is InChI=1S/C28H24N4O4/c33-27(34)21-12-3-1-10-19(21)25-24(23-14-6-8-16-30-23)31-26(20-11-2-4-13-22(20)28(35)36)32(25)17-18-9-5-7-15-29-18/h1-16,24-26,31H,17H2,(H,33,34)(H,35,36). The van der Waals surface area contributed by atoms with Crippen LogP contribution >= 0.6 is 0 Å². The molecule has 3 N–H and O–H groups in total. The van der Waals surface area contributed by atoms with Gasteiger partial charge in [-0.2, -0.15) is 0 Å². The van der Waals surface area contributed by atoms with Crippen molar-refractivity contribution < 1.29 is 19.8 Å². The molecule has 36 heavy (non-hydrogen) atoms. The number of rotatable bonds is 7. The zero-order valence-electron chi connectivity index (χ0n) is 19.2. The summed E-state index contributed by atoms with van der Waals surface area (Å²) in [6, 6.07) is 24.1. The van der Waals surface area contributed by atoms with E-state index in [0.717, 1.165) is 11.4 Å². The summed E-state index contributed by atoms with van der Waals surface area (Å²) in [6.07, 6.45) is 2.85. The fraction of sp³-hybridized carbons (Fsp3) is 0.143. The lowest BCUT2D eigenvalue weighted by atomic mass is 9.92. The van der Waals surface area contributed by atoms with Crippen LogP contribution in [0.2, 0.25) is 0 Å². The Kier molecular flexibility index (Phi) is 6.53. The first kappa shape index (κ1) is 23.3. The van der Waals surface area contributed by atoms with Crippen LogP contribution < -0.4 is 5.32 Å². The van der Waals surface area contributed by atoms with Gasteiger partial charge in [0.05, 0.1) is 40.8 Å². The Bertz CT molecular complexity index is 1380. The average molecular weight is 481 g/mol. The molecular formula is C28H24N4O4. The molecule has 3 atom stereocenters. The van der Waals surface area contributed by atoms with Crippen LogP contribution in [0.5, 0.6) is 0 Å². The smallest absolute Gasteiger partial charge is 0.336 e. The lowest BCUT2D eigenvalue weighted by Gasteiger charge is -2.31. The number of carbonyl (C=O) groups is 2. The number of carboxylic acids is 2. The van der Waals surface area contributed by atoms with E-state index in [1.165, 1.54) is 0 Å². The number of aromatic carboxylic acids is 2. The van der Waals surface area contributed by atoms with Gasteiger partial charge >= 0.3 is 11.9 Å². The van der Waals surface area contributed by atoms with Gasteiger partial charge in [-0.25, -0.2) is 9.59 Å². The predicted octanol–water partition coefficient (Wildman–Crippen LogP) is 4.46. The van der Waals surface area contributed by atoms with Gasteiger partial charge in [-0.1, -0.05) is 48.5 Å². The molecule has 2 aromatic carbocycles. The van der Waals surface area contributed by atoms with Crippen LogP contribution in [0.4, 0.5) is 0 Å². The Morgan fingerprint density at radius 1 is 0.750 bits per heavy atom. The molecule has 1 aliphatic heterocycles. The van der Waals surface area contributed by atoms with E-state index in [2.05, 4.69) is 20.2 Å². The van der Waals surface area contributed by atoms with Crippen molar-refractivity contribution in [2.45, 2.75) is 24.8 Å². The van der Waals surface area contributed by atoms with Crippen LogP contribution in [0.3, 0.4) is 0 Å². The van der Waals surface area contributed by atoms with Crippen molar-refractivity contribution in [1.29, 1.82) is 0 Å². The van der Waals surface area contributed by atoms with E-state index >= 15 is 0 Å². The molecule has 0 radical (unpaired) electrons. The van der Waals surface area contributed by atoms with E-state index in [1.54, 1.807) is 48.8 Å². The minimum atomic E-state index is -1.03. The van der Waals surface area contributed by atoms with Crippen LogP contribution in [0.15, 0.2) is 97.3 Å². The molecule has 0 bridgehead atoms. The second kappa shape index (κ2) is 10.1. The molecule has 3 heterocycles. The van der Waals surface area contributed by atoms with Gasteiger partial charge in [0.15, 0.2) is 0 Å². The maximum atomic E-state index is 12.2. The Morgan fingerprint density at radius 3 is 1.94 bits per heavy atom. The number of nitrogens with zero attached hydrogens (tertiary/aromatic N) is 3. The molecule has 0 aliphatic carbocycles. The highest BCUT2D eigenvalue weighted by Gasteiger charge is 2.45. The van der Waals surface area contributed by atoms with Gasteiger partial charge in [0.25, 0.3) is 0 Å². The van der Waals surface area contributed by atoms with Gasteiger partial charge in [-0.3, -0.25) is 20.2 Å². The average Bonchev–Trinajstić information content (AvgIpc) is 3.28. The zero-order chi connectivity index (χ0) is 25.1. The van der Waals surface area contributed by atoms with Gasteiger partial charge in [0.1, 0.15) is 0 Å². The van der Waals surface area contributed by atoms with E-state index in [1.807, 2.05) is 48.5 Å². The number of hydrogen-bond acceptors (Lipinski definition) is 6. The van der Waals surface area contributed by atoms with E-state index in [9.17, 15) is 19.8 Å². The van der Waals surface area contributed by atoms with Crippen LogP contribution in [-0.4, -0.2) is 37.0 Å². The van der Waals surface area contributed by atoms with Crippen molar-refractivity contribution in [2.24, 2.45) is 0 Å². The summed E-state index contributed by atoms with van der Waals surface area (Å²) in [5.41, 5.74) is 3.05. The summed E-state index contributed by atoms with van der Waals surface area (Å²) >= 11 is 0. The molecule has 1 aliphatic rings. The Hall–Kier alpha value is -4.40. The molecule has 1 fully saturated rings. The zero-order valence-corrected chi connectivity index (χ0v) is 19.2. The minimum absolute atomic E-state index is 0.174. The SMILES string of the molecule is O=C(O)c1ccccc1C1NC(c2ccccn2)C(c2ccccc2C(=O)O)N1Cc1ccccn1. The van der Waals surface area contributed by atoms with Crippen molar-refractivity contribution in [3.05, 3.63) is 131 Å².